The fourth-order valence-electron chi connectivity index (χ4n) is 4.26. The maximum absolute atomic E-state index is 12.1. The highest BCUT2D eigenvalue weighted by molar-refractivity contribution is 5.79. The second kappa shape index (κ2) is 5.50. The summed E-state index contributed by atoms with van der Waals surface area (Å²) in [6, 6.07) is 2.58. The van der Waals surface area contributed by atoms with Crippen molar-refractivity contribution >= 4 is 5.91 Å². The van der Waals surface area contributed by atoms with Gasteiger partial charge in [0, 0.05) is 12.6 Å². The third-order valence-electron chi connectivity index (χ3n) is 5.26. The van der Waals surface area contributed by atoms with Gasteiger partial charge in [0.15, 0.2) is 0 Å². The predicted molar refractivity (Wildman–Crippen MR) is 72.2 cm³/mol. The molecule has 3 fully saturated rings. The van der Waals surface area contributed by atoms with Gasteiger partial charge in [-0.3, -0.25) is 4.79 Å². The third kappa shape index (κ3) is 2.62. The minimum Gasteiger partial charge on any atom is -0.326 e. The van der Waals surface area contributed by atoms with Gasteiger partial charge in [-0.2, -0.15) is 5.26 Å². The van der Waals surface area contributed by atoms with Crippen LogP contribution >= 0.6 is 0 Å². The van der Waals surface area contributed by atoms with Gasteiger partial charge in [-0.05, 0) is 37.5 Å². The Hall–Kier alpha value is -1.08. The molecular formula is C15H23N3O. The second-order valence-electron chi connectivity index (χ2n) is 6.37. The number of hydrogen-bond donors (Lipinski definition) is 1. The number of fused-ring (bicyclic) bond motifs is 1. The van der Waals surface area contributed by atoms with Crippen LogP contribution in [0, 0.1) is 23.2 Å². The van der Waals surface area contributed by atoms with Crippen LogP contribution < -0.4 is 5.32 Å². The van der Waals surface area contributed by atoms with Gasteiger partial charge in [-0.1, -0.05) is 19.3 Å². The molecule has 0 aromatic rings. The van der Waals surface area contributed by atoms with Crippen LogP contribution in [0.4, 0.5) is 0 Å². The summed E-state index contributed by atoms with van der Waals surface area (Å²) in [5.41, 5.74) is 0. The molecule has 1 aliphatic heterocycles. The van der Waals surface area contributed by atoms with E-state index in [-0.39, 0.29) is 11.9 Å². The summed E-state index contributed by atoms with van der Waals surface area (Å²) in [5.74, 6) is 1.93. The molecule has 1 unspecified atom stereocenters. The SMILES string of the molecule is N#C[C@@H]1CCCN1C(=O)CNC1C[C@H]2CCC[C@H]2C1. The average Bonchev–Trinajstić information content (AvgIpc) is 3.09. The van der Waals surface area contributed by atoms with Gasteiger partial charge in [0.2, 0.25) is 5.91 Å². The van der Waals surface area contributed by atoms with Crippen molar-refractivity contribution < 1.29 is 4.79 Å². The molecule has 1 heterocycles. The fourth-order valence-corrected chi connectivity index (χ4v) is 4.26. The first-order chi connectivity index (χ1) is 9.28. The van der Waals surface area contributed by atoms with Crippen molar-refractivity contribution in [1.29, 1.82) is 5.26 Å². The lowest BCUT2D eigenvalue weighted by Crippen LogP contribution is -2.43. The summed E-state index contributed by atoms with van der Waals surface area (Å²) in [6.45, 7) is 1.18. The molecule has 1 saturated heterocycles. The Kier molecular flexibility index (Phi) is 3.74. The van der Waals surface area contributed by atoms with E-state index in [1.165, 1.54) is 32.1 Å². The topological polar surface area (TPSA) is 56.1 Å². The standard InChI is InChI=1S/C15H23N3O/c16-9-14-5-2-6-18(14)15(19)10-17-13-7-11-3-1-4-12(11)8-13/h11-14,17H,1-8,10H2/t11-,12+,13?,14-/m0/s1. The summed E-state index contributed by atoms with van der Waals surface area (Å²) >= 11 is 0. The molecule has 0 aromatic carbocycles. The molecule has 104 valence electrons. The normalized spacial score (nSPS) is 37.3. The largest absolute Gasteiger partial charge is 0.326 e. The first-order valence-electron chi connectivity index (χ1n) is 7.70. The Balaban J connectivity index is 1.45. The van der Waals surface area contributed by atoms with Gasteiger partial charge in [0.25, 0.3) is 0 Å². The summed E-state index contributed by atoms with van der Waals surface area (Å²) in [7, 11) is 0. The van der Waals surface area contributed by atoms with Crippen molar-refractivity contribution in [2.24, 2.45) is 11.8 Å². The minimum atomic E-state index is -0.183. The van der Waals surface area contributed by atoms with Crippen molar-refractivity contribution in [2.75, 3.05) is 13.1 Å². The molecule has 0 radical (unpaired) electrons. The molecule has 3 rings (SSSR count). The predicted octanol–water partition coefficient (Wildman–Crippen LogP) is 1.67. The zero-order valence-corrected chi connectivity index (χ0v) is 11.5. The van der Waals surface area contributed by atoms with E-state index in [0.29, 0.717) is 12.6 Å². The van der Waals surface area contributed by atoms with Gasteiger partial charge in [-0.25, -0.2) is 0 Å². The second-order valence-corrected chi connectivity index (χ2v) is 6.37. The highest BCUT2D eigenvalue weighted by atomic mass is 16.2. The van der Waals surface area contributed by atoms with Crippen molar-refractivity contribution in [1.82, 2.24) is 10.2 Å². The highest BCUT2D eigenvalue weighted by Crippen LogP contribution is 2.43. The van der Waals surface area contributed by atoms with Crippen LogP contribution in [0.3, 0.4) is 0 Å². The van der Waals surface area contributed by atoms with Crippen LogP contribution in [0.2, 0.25) is 0 Å². The molecule has 4 heteroatoms. The first-order valence-corrected chi connectivity index (χ1v) is 7.70. The zero-order chi connectivity index (χ0) is 13.2. The zero-order valence-electron chi connectivity index (χ0n) is 11.5. The van der Waals surface area contributed by atoms with E-state index in [4.69, 9.17) is 5.26 Å². The molecule has 2 saturated carbocycles. The van der Waals surface area contributed by atoms with Crippen molar-refractivity contribution in [3.8, 4) is 6.07 Å². The van der Waals surface area contributed by atoms with E-state index >= 15 is 0 Å². The number of amides is 1. The van der Waals surface area contributed by atoms with E-state index in [1.54, 1.807) is 4.90 Å². The number of carbonyl (C=O) groups is 1. The number of nitrogens with one attached hydrogen (secondary N) is 1. The molecule has 4 nitrogen and oxygen atoms in total. The lowest BCUT2D eigenvalue weighted by Gasteiger charge is -2.21. The molecule has 0 spiro atoms. The summed E-state index contributed by atoms with van der Waals surface area (Å²) < 4.78 is 0. The number of carbonyl (C=O) groups excluding carboxylic acids is 1. The first kappa shape index (κ1) is 12.9. The number of nitrogens with zero attached hydrogens (tertiary/aromatic N) is 2. The molecular weight excluding hydrogens is 238 g/mol. The number of likely N-dealkylation sites (tertiary alicyclic amines) is 1. The maximum atomic E-state index is 12.1. The Morgan fingerprint density at radius 2 is 1.95 bits per heavy atom. The monoisotopic (exact) mass is 261 g/mol. The molecule has 1 N–H and O–H groups in total. The molecule has 19 heavy (non-hydrogen) atoms. The maximum Gasteiger partial charge on any atom is 0.237 e. The summed E-state index contributed by atoms with van der Waals surface area (Å²) in [5, 5.41) is 12.4. The third-order valence-corrected chi connectivity index (χ3v) is 5.26. The summed E-state index contributed by atoms with van der Waals surface area (Å²) in [4.78, 5) is 13.9. The Labute approximate surface area is 115 Å². The molecule has 1 amide bonds. The lowest BCUT2D eigenvalue weighted by molar-refractivity contribution is -0.130. The van der Waals surface area contributed by atoms with Crippen molar-refractivity contribution in [3.05, 3.63) is 0 Å². The van der Waals surface area contributed by atoms with Gasteiger partial charge in [-0.15, -0.1) is 0 Å². The smallest absolute Gasteiger partial charge is 0.237 e. The van der Waals surface area contributed by atoms with Crippen LogP contribution in [-0.2, 0) is 4.79 Å². The minimum absolute atomic E-state index is 0.112. The van der Waals surface area contributed by atoms with Gasteiger partial charge in [0.1, 0.15) is 6.04 Å². The van der Waals surface area contributed by atoms with E-state index in [0.717, 1.165) is 31.2 Å². The van der Waals surface area contributed by atoms with E-state index in [9.17, 15) is 4.79 Å². The van der Waals surface area contributed by atoms with E-state index < -0.39 is 0 Å². The van der Waals surface area contributed by atoms with Crippen molar-refractivity contribution in [3.63, 3.8) is 0 Å². The molecule has 0 aromatic heterocycles. The average molecular weight is 261 g/mol. The summed E-state index contributed by atoms with van der Waals surface area (Å²) in [6.07, 6.45) is 8.49. The lowest BCUT2D eigenvalue weighted by atomic mass is 10.0. The molecule has 3 aliphatic rings. The molecule has 0 bridgehead atoms. The number of rotatable bonds is 3. The Morgan fingerprint density at radius 1 is 1.21 bits per heavy atom. The van der Waals surface area contributed by atoms with Crippen LogP contribution in [-0.4, -0.2) is 36.0 Å². The Morgan fingerprint density at radius 3 is 2.63 bits per heavy atom. The van der Waals surface area contributed by atoms with Crippen LogP contribution in [0.15, 0.2) is 0 Å². The van der Waals surface area contributed by atoms with Gasteiger partial charge in [0.05, 0.1) is 12.6 Å². The quantitative estimate of drug-likeness (QED) is 0.840. The van der Waals surface area contributed by atoms with E-state index in [1.807, 2.05) is 0 Å². The van der Waals surface area contributed by atoms with E-state index in [2.05, 4.69) is 11.4 Å². The van der Waals surface area contributed by atoms with Crippen LogP contribution in [0.1, 0.15) is 44.9 Å². The van der Waals surface area contributed by atoms with Crippen LogP contribution in [0.5, 0.6) is 0 Å². The van der Waals surface area contributed by atoms with Gasteiger partial charge >= 0.3 is 0 Å². The molecule has 4 atom stereocenters. The number of hydrogen-bond acceptors (Lipinski definition) is 3. The van der Waals surface area contributed by atoms with Crippen LogP contribution in [0.25, 0.3) is 0 Å². The fraction of sp³-hybridized carbons (Fsp3) is 0.867. The number of nitriles is 1. The van der Waals surface area contributed by atoms with Gasteiger partial charge < -0.3 is 10.2 Å². The molecule has 2 aliphatic carbocycles. The Bertz CT molecular complexity index is 377. The highest BCUT2D eigenvalue weighted by Gasteiger charge is 2.37. The van der Waals surface area contributed by atoms with Crippen molar-refractivity contribution in [2.45, 2.75) is 57.0 Å².